The van der Waals surface area contributed by atoms with Crippen molar-refractivity contribution in [3.05, 3.63) is 52.8 Å². The van der Waals surface area contributed by atoms with Crippen molar-refractivity contribution in [2.75, 3.05) is 6.61 Å². The van der Waals surface area contributed by atoms with Crippen molar-refractivity contribution in [2.45, 2.75) is 24.3 Å². The zero-order valence-corrected chi connectivity index (χ0v) is 14.8. The fourth-order valence-corrected chi connectivity index (χ4v) is 3.71. The first kappa shape index (κ1) is 16.4. The SMILES string of the molecule is O=S(=O)(NCc1cccnc1)c1ccc(OCC2CC2)c(Br)c1. The summed E-state index contributed by atoms with van der Waals surface area (Å²) in [5.74, 6) is 1.31. The first-order chi connectivity index (χ1) is 11.0. The van der Waals surface area contributed by atoms with Gasteiger partial charge in [-0.2, -0.15) is 0 Å². The van der Waals surface area contributed by atoms with Gasteiger partial charge in [0, 0.05) is 18.9 Å². The van der Waals surface area contributed by atoms with Crippen molar-refractivity contribution < 1.29 is 13.2 Å². The minimum atomic E-state index is -3.58. The van der Waals surface area contributed by atoms with Gasteiger partial charge in [0.25, 0.3) is 0 Å². The van der Waals surface area contributed by atoms with Crippen molar-refractivity contribution in [2.24, 2.45) is 5.92 Å². The average Bonchev–Trinajstić information content (AvgIpc) is 3.37. The molecular formula is C16H17BrN2O3S. The maximum atomic E-state index is 12.4. The summed E-state index contributed by atoms with van der Waals surface area (Å²) in [6.45, 7) is 0.887. The molecule has 1 aliphatic rings. The minimum absolute atomic E-state index is 0.201. The minimum Gasteiger partial charge on any atom is -0.492 e. The smallest absolute Gasteiger partial charge is 0.240 e. The Morgan fingerprint density at radius 1 is 1.30 bits per heavy atom. The van der Waals surface area contributed by atoms with Gasteiger partial charge in [-0.05, 0) is 64.5 Å². The topological polar surface area (TPSA) is 68.3 Å². The molecule has 1 N–H and O–H groups in total. The predicted octanol–water partition coefficient (Wildman–Crippen LogP) is 3.11. The van der Waals surface area contributed by atoms with Gasteiger partial charge in [0.15, 0.2) is 0 Å². The number of rotatable bonds is 7. The highest BCUT2D eigenvalue weighted by molar-refractivity contribution is 9.10. The molecule has 1 saturated carbocycles. The molecule has 0 atom stereocenters. The number of aromatic nitrogens is 1. The maximum Gasteiger partial charge on any atom is 0.240 e. The van der Waals surface area contributed by atoms with Crippen molar-refractivity contribution in [1.82, 2.24) is 9.71 Å². The Morgan fingerprint density at radius 2 is 2.13 bits per heavy atom. The standard InChI is InChI=1S/C16H17BrN2O3S/c17-15-8-14(5-6-16(15)22-11-12-3-4-12)23(20,21)19-10-13-2-1-7-18-9-13/h1-2,5-9,12,19H,3-4,10-11H2. The van der Waals surface area contributed by atoms with Crippen LogP contribution >= 0.6 is 15.9 Å². The second-order valence-electron chi connectivity index (χ2n) is 5.53. The Kier molecular flexibility index (Phi) is 4.99. The van der Waals surface area contributed by atoms with E-state index in [1.54, 1.807) is 36.7 Å². The highest BCUT2D eigenvalue weighted by Crippen LogP contribution is 2.32. The van der Waals surface area contributed by atoms with Crippen LogP contribution < -0.4 is 9.46 Å². The molecule has 1 heterocycles. The lowest BCUT2D eigenvalue weighted by Crippen LogP contribution is -2.23. The summed E-state index contributed by atoms with van der Waals surface area (Å²) >= 11 is 3.38. The van der Waals surface area contributed by atoms with E-state index in [1.807, 2.05) is 6.07 Å². The van der Waals surface area contributed by atoms with Gasteiger partial charge < -0.3 is 4.74 Å². The summed E-state index contributed by atoms with van der Waals surface area (Å²) in [6, 6.07) is 8.39. The van der Waals surface area contributed by atoms with Crippen LogP contribution in [-0.2, 0) is 16.6 Å². The Bertz CT molecular complexity index is 777. The third kappa shape index (κ3) is 4.53. The van der Waals surface area contributed by atoms with Crippen LogP contribution in [0.5, 0.6) is 5.75 Å². The summed E-state index contributed by atoms with van der Waals surface area (Å²) in [5, 5.41) is 0. The Hall–Kier alpha value is -1.44. The number of sulfonamides is 1. The molecule has 2 aromatic rings. The van der Waals surface area contributed by atoms with Gasteiger partial charge in [-0.1, -0.05) is 6.07 Å². The monoisotopic (exact) mass is 396 g/mol. The zero-order chi connectivity index (χ0) is 16.3. The number of benzene rings is 1. The lowest BCUT2D eigenvalue weighted by atomic mass is 10.3. The fraction of sp³-hybridized carbons (Fsp3) is 0.312. The highest BCUT2D eigenvalue weighted by Gasteiger charge is 2.22. The van der Waals surface area contributed by atoms with E-state index >= 15 is 0 Å². The van der Waals surface area contributed by atoms with Gasteiger partial charge in [0.05, 0.1) is 16.0 Å². The molecule has 0 aliphatic heterocycles. The number of nitrogens with zero attached hydrogens (tertiary/aromatic N) is 1. The number of pyridine rings is 1. The molecule has 0 saturated heterocycles. The summed E-state index contributed by atoms with van der Waals surface area (Å²) in [4.78, 5) is 4.17. The molecule has 0 unspecified atom stereocenters. The van der Waals surface area contributed by atoms with E-state index in [0.717, 1.165) is 5.56 Å². The van der Waals surface area contributed by atoms with Crippen molar-refractivity contribution in [3.63, 3.8) is 0 Å². The van der Waals surface area contributed by atoms with Gasteiger partial charge in [0.1, 0.15) is 5.75 Å². The molecular weight excluding hydrogens is 380 g/mol. The van der Waals surface area contributed by atoms with Crippen LogP contribution in [0.1, 0.15) is 18.4 Å². The molecule has 122 valence electrons. The van der Waals surface area contributed by atoms with Gasteiger partial charge >= 0.3 is 0 Å². The third-order valence-electron chi connectivity index (χ3n) is 3.57. The van der Waals surface area contributed by atoms with Gasteiger partial charge in [-0.15, -0.1) is 0 Å². The first-order valence-electron chi connectivity index (χ1n) is 7.35. The second-order valence-corrected chi connectivity index (χ2v) is 8.15. The average molecular weight is 397 g/mol. The molecule has 5 nitrogen and oxygen atoms in total. The molecule has 0 radical (unpaired) electrons. The summed E-state index contributed by atoms with van der Waals surface area (Å²) in [6.07, 6.45) is 5.70. The molecule has 23 heavy (non-hydrogen) atoms. The third-order valence-corrected chi connectivity index (χ3v) is 5.59. The van der Waals surface area contributed by atoms with Crippen molar-refractivity contribution in [3.8, 4) is 5.75 Å². The number of nitrogens with one attached hydrogen (secondary N) is 1. The van der Waals surface area contributed by atoms with E-state index in [9.17, 15) is 8.42 Å². The number of ether oxygens (including phenoxy) is 1. The normalized spacial score (nSPS) is 14.7. The predicted molar refractivity (Wildman–Crippen MR) is 90.6 cm³/mol. The molecule has 1 aromatic carbocycles. The molecule has 1 aliphatic carbocycles. The Balaban J connectivity index is 1.67. The number of halogens is 1. The van der Waals surface area contributed by atoms with Crippen LogP contribution in [0.2, 0.25) is 0 Å². The largest absolute Gasteiger partial charge is 0.492 e. The molecule has 7 heteroatoms. The Labute approximate surface area is 144 Å². The lowest BCUT2D eigenvalue weighted by molar-refractivity contribution is 0.298. The van der Waals surface area contributed by atoms with E-state index in [2.05, 4.69) is 25.6 Å². The fourth-order valence-electron chi connectivity index (χ4n) is 2.02. The molecule has 0 spiro atoms. The first-order valence-corrected chi connectivity index (χ1v) is 9.63. The van der Waals surface area contributed by atoms with Crippen molar-refractivity contribution >= 4 is 26.0 Å². The van der Waals surface area contributed by atoms with E-state index in [4.69, 9.17) is 4.74 Å². The van der Waals surface area contributed by atoms with Crippen LogP contribution in [0, 0.1) is 5.92 Å². The van der Waals surface area contributed by atoms with Crippen LogP contribution in [0.25, 0.3) is 0 Å². The second kappa shape index (κ2) is 6.98. The van der Waals surface area contributed by atoms with E-state index in [0.29, 0.717) is 22.7 Å². The van der Waals surface area contributed by atoms with Crippen LogP contribution in [-0.4, -0.2) is 20.0 Å². The van der Waals surface area contributed by atoms with Crippen LogP contribution in [0.4, 0.5) is 0 Å². The van der Waals surface area contributed by atoms with Gasteiger partial charge in [0.2, 0.25) is 10.0 Å². The van der Waals surface area contributed by atoms with Gasteiger partial charge in [-0.3, -0.25) is 4.98 Å². The van der Waals surface area contributed by atoms with Crippen LogP contribution in [0.15, 0.2) is 52.1 Å². The quantitative estimate of drug-likeness (QED) is 0.780. The maximum absolute atomic E-state index is 12.4. The summed E-state index contributed by atoms with van der Waals surface area (Å²) < 4.78 is 33.6. The van der Waals surface area contributed by atoms with E-state index in [-0.39, 0.29) is 11.4 Å². The van der Waals surface area contributed by atoms with Crippen molar-refractivity contribution in [1.29, 1.82) is 0 Å². The van der Waals surface area contributed by atoms with Crippen LogP contribution in [0.3, 0.4) is 0 Å². The van der Waals surface area contributed by atoms with E-state index in [1.165, 1.54) is 12.8 Å². The van der Waals surface area contributed by atoms with E-state index < -0.39 is 10.0 Å². The molecule has 3 rings (SSSR count). The zero-order valence-electron chi connectivity index (χ0n) is 12.4. The highest BCUT2D eigenvalue weighted by atomic mass is 79.9. The number of hydrogen-bond donors (Lipinski definition) is 1. The number of hydrogen-bond acceptors (Lipinski definition) is 4. The summed E-state index contributed by atoms with van der Waals surface area (Å²) in [5.41, 5.74) is 0.805. The summed E-state index contributed by atoms with van der Waals surface area (Å²) in [7, 11) is -3.58. The molecule has 0 bridgehead atoms. The lowest BCUT2D eigenvalue weighted by Gasteiger charge is -2.10. The molecule has 1 fully saturated rings. The molecule has 1 aromatic heterocycles. The Morgan fingerprint density at radius 3 is 2.78 bits per heavy atom. The van der Waals surface area contributed by atoms with Gasteiger partial charge in [-0.25, -0.2) is 13.1 Å². The molecule has 0 amide bonds.